The predicted octanol–water partition coefficient (Wildman–Crippen LogP) is 2.75. The summed E-state index contributed by atoms with van der Waals surface area (Å²) >= 11 is 4.89. The quantitative estimate of drug-likeness (QED) is 0.556. The van der Waals surface area contributed by atoms with E-state index in [9.17, 15) is 22.8 Å². The number of nitrogens with one attached hydrogen (secondary N) is 2. The largest absolute Gasteiger partial charge is 0.366 e. The first-order valence-corrected chi connectivity index (χ1v) is 6.85. The number of carbonyl (C=O) groups is 2. The van der Waals surface area contributed by atoms with Gasteiger partial charge in [-0.05, 0) is 48.6 Å². The van der Waals surface area contributed by atoms with Gasteiger partial charge < -0.3 is 11.1 Å². The van der Waals surface area contributed by atoms with Crippen molar-refractivity contribution in [3.8, 4) is 0 Å². The van der Waals surface area contributed by atoms with Gasteiger partial charge in [0.2, 0.25) is 5.91 Å². The van der Waals surface area contributed by atoms with Gasteiger partial charge in [-0.3, -0.25) is 14.9 Å². The maximum atomic E-state index is 13.1. The first kappa shape index (κ1) is 20.4. The van der Waals surface area contributed by atoms with Gasteiger partial charge >= 0.3 is 0 Å². The highest BCUT2D eigenvalue weighted by atomic mass is 35.5. The Hall–Kier alpha value is -2.65. The predicted molar refractivity (Wildman–Crippen MR) is 92.2 cm³/mol. The van der Waals surface area contributed by atoms with Crippen molar-refractivity contribution in [1.29, 1.82) is 0 Å². The van der Waals surface area contributed by atoms with Crippen LogP contribution in [0.1, 0.15) is 20.7 Å². The second-order valence-electron chi connectivity index (χ2n) is 4.60. The van der Waals surface area contributed by atoms with Crippen molar-refractivity contribution in [2.75, 3.05) is 5.32 Å². The summed E-state index contributed by atoms with van der Waals surface area (Å²) in [6.45, 7) is 0. The van der Waals surface area contributed by atoms with Crippen molar-refractivity contribution in [1.82, 2.24) is 5.32 Å². The molecule has 0 saturated carbocycles. The van der Waals surface area contributed by atoms with Crippen molar-refractivity contribution in [2.24, 2.45) is 5.73 Å². The third-order valence-electron chi connectivity index (χ3n) is 2.90. The first-order valence-electron chi connectivity index (χ1n) is 6.44. The summed E-state index contributed by atoms with van der Waals surface area (Å²) in [6, 6.07) is 6.99. The summed E-state index contributed by atoms with van der Waals surface area (Å²) in [4.78, 5) is 22.8. The van der Waals surface area contributed by atoms with Crippen molar-refractivity contribution in [3.05, 3.63) is 65.0 Å². The Morgan fingerprint density at radius 3 is 1.96 bits per heavy atom. The minimum atomic E-state index is -1.67. The van der Waals surface area contributed by atoms with Gasteiger partial charge in [0.1, 0.15) is 0 Å². The molecule has 25 heavy (non-hydrogen) atoms. The Labute approximate surface area is 151 Å². The van der Waals surface area contributed by atoms with Crippen LogP contribution in [0.25, 0.3) is 0 Å². The number of thiocarbonyl (C=S) groups is 1. The summed E-state index contributed by atoms with van der Waals surface area (Å²) in [6.07, 6.45) is 0. The molecule has 0 aliphatic carbocycles. The zero-order valence-corrected chi connectivity index (χ0v) is 13.9. The second-order valence-corrected chi connectivity index (χ2v) is 5.01. The Balaban J connectivity index is 0.00000312. The molecule has 0 unspecified atom stereocenters. The third kappa shape index (κ3) is 5.16. The number of hydrogen-bond donors (Lipinski definition) is 3. The van der Waals surface area contributed by atoms with Crippen LogP contribution in [0.4, 0.5) is 18.9 Å². The molecule has 0 fully saturated rings. The monoisotopic (exact) mass is 389 g/mol. The van der Waals surface area contributed by atoms with E-state index in [1.807, 2.05) is 0 Å². The number of hydrogen-bond acceptors (Lipinski definition) is 3. The van der Waals surface area contributed by atoms with Crippen LogP contribution < -0.4 is 16.4 Å². The molecule has 5 nitrogen and oxygen atoms in total. The minimum absolute atomic E-state index is 0. The lowest BCUT2D eigenvalue weighted by Crippen LogP contribution is -2.34. The van der Waals surface area contributed by atoms with Gasteiger partial charge in [-0.1, -0.05) is 0 Å². The number of carbonyl (C=O) groups excluding carboxylic acids is 2. The molecule has 0 aliphatic rings. The van der Waals surface area contributed by atoms with Gasteiger partial charge in [-0.15, -0.1) is 12.4 Å². The number of benzene rings is 2. The van der Waals surface area contributed by atoms with Gasteiger partial charge in [0.05, 0.1) is 0 Å². The highest BCUT2D eigenvalue weighted by Gasteiger charge is 2.16. The van der Waals surface area contributed by atoms with Crippen LogP contribution in [-0.2, 0) is 0 Å². The fourth-order valence-corrected chi connectivity index (χ4v) is 1.95. The smallest absolute Gasteiger partial charge is 0.257 e. The Bertz CT molecular complexity index is 808. The van der Waals surface area contributed by atoms with E-state index in [2.05, 4.69) is 10.6 Å². The molecule has 10 heteroatoms. The lowest BCUT2D eigenvalue weighted by molar-refractivity contribution is 0.0974. The number of halogens is 4. The number of nitrogens with two attached hydrogens (primary N) is 1. The van der Waals surface area contributed by atoms with Gasteiger partial charge in [0.25, 0.3) is 5.91 Å². The summed E-state index contributed by atoms with van der Waals surface area (Å²) in [5, 5.41) is 4.67. The molecule has 2 aromatic rings. The van der Waals surface area contributed by atoms with E-state index < -0.39 is 34.8 Å². The average Bonchev–Trinajstić information content (AvgIpc) is 2.52. The maximum absolute atomic E-state index is 13.1. The highest BCUT2D eigenvalue weighted by molar-refractivity contribution is 7.80. The molecule has 4 N–H and O–H groups in total. The molecule has 2 aromatic carbocycles. The topological polar surface area (TPSA) is 84.2 Å². The van der Waals surface area contributed by atoms with Crippen LogP contribution in [0.5, 0.6) is 0 Å². The number of anilines is 1. The van der Waals surface area contributed by atoms with E-state index >= 15 is 0 Å². The van der Waals surface area contributed by atoms with Gasteiger partial charge in [0.15, 0.2) is 22.6 Å². The van der Waals surface area contributed by atoms with Crippen molar-refractivity contribution in [3.63, 3.8) is 0 Å². The van der Waals surface area contributed by atoms with E-state index in [-0.39, 0.29) is 23.1 Å². The summed E-state index contributed by atoms with van der Waals surface area (Å²) in [7, 11) is 0. The molecular formula is C15H11ClF3N3O2S. The molecule has 0 saturated heterocycles. The third-order valence-corrected chi connectivity index (χ3v) is 3.10. The van der Waals surface area contributed by atoms with Crippen LogP contribution in [0.15, 0.2) is 36.4 Å². The fraction of sp³-hybridized carbons (Fsp3) is 0. The van der Waals surface area contributed by atoms with E-state index in [4.69, 9.17) is 18.0 Å². The molecule has 0 bridgehead atoms. The van der Waals surface area contributed by atoms with Crippen LogP contribution in [-0.4, -0.2) is 16.9 Å². The van der Waals surface area contributed by atoms with Crippen LogP contribution in [0.3, 0.4) is 0 Å². The number of amides is 2. The van der Waals surface area contributed by atoms with E-state index in [0.717, 1.165) is 0 Å². The average molecular weight is 390 g/mol. The second kappa shape index (κ2) is 8.45. The zero-order valence-electron chi connectivity index (χ0n) is 12.3. The minimum Gasteiger partial charge on any atom is -0.366 e. The SMILES string of the molecule is Cl.NC(=O)c1ccc(NC(=S)NC(=O)c2cc(F)c(F)c(F)c2)cc1. The van der Waals surface area contributed by atoms with E-state index in [1.54, 1.807) is 0 Å². The molecule has 0 spiro atoms. The summed E-state index contributed by atoms with van der Waals surface area (Å²) in [5.41, 5.74) is 5.40. The highest BCUT2D eigenvalue weighted by Crippen LogP contribution is 2.14. The summed E-state index contributed by atoms with van der Waals surface area (Å²) < 4.78 is 39.1. The van der Waals surface area contributed by atoms with Crippen LogP contribution in [0.2, 0.25) is 0 Å². The Morgan fingerprint density at radius 2 is 1.48 bits per heavy atom. The van der Waals surface area contributed by atoms with Crippen LogP contribution in [0, 0.1) is 17.5 Å². The van der Waals surface area contributed by atoms with Gasteiger partial charge in [-0.2, -0.15) is 0 Å². The number of primary amides is 1. The molecule has 0 aliphatic heterocycles. The molecule has 0 aromatic heterocycles. The molecule has 132 valence electrons. The van der Waals surface area contributed by atoms with Crippen molar-refractivity contribution < 1.29 is 22.8 Å². The molecule has 0 heterocycles. The zero-order chi connectivity index (χ0) is 17.9. The Morgan fingerprint density at radius 1 is 0.960 bits per heavy atom. The van der Waals surface area contributed by atoms with Crippen molar-refractivity contribution in [2.45, 2.75) is 0 Å². The molecule has 0 atom stereocenters. The molecular weight excluding hydrogens is 379 g/mol. The lowest BCUT2D eigenvalue weighted by atomic mass is 10.2. The molecule has 2 amide bonds. The standard InChI is InChI=1S/C15H10F3N3O2S.ClH/c16-10-5-8(6-11(17)12(10)18)14(23)21-15(24)20-9-3-1-7(2-4-9)13(19)22;/h1-6H,(H2,19,22)(H2,20,21,23,24);1H. The lowest BCUT2D eigenvalue weighted by Gasteiger charge is -2.10. The van der Waals surface area contributed by atoms with E-state index in [1.165, 1.54) is 24.3 Å². The molecule has 0 radical (unpaired) electrons. The normalized spacial score (nSPS) is 9.72. The first-order chi connectivity index (χ1) is 11.3. The number of rotatable bonds is 3. The maximum Gasteiger partial charge on any atom is 0.257 e. The van der Waals surface area contributed by atoms with E-state index in [0.29, 0.717) is 17.8 Å². The van der Waals surface area contributed by atoms with Gasteiger partial charge in [0, 0.05) is 16.8 Å². The summed E-state index contributed by atoms with van der Waals surface area (Å²) in [5.74, 6) is -6.15. The Kier molecular flexibility index (Phi) is 6.89. The van der Waals surface area contributed by atoms with Crippen molar-refractivity contribution >= 4 is 47.2 Å². The van der Waals surface area contributed by atoms with Gasteiger partial charge in [-0.25, -0.2) is 13.2 Å². The fourth-order valence-electron chi connectivity index (χ4n) is 1.74. The molecule has 2 rings (SSSR count). The van der Waals surface area contributed by atoms with Crippen LogP contribution >= 0.6 is 24.6 Å².